The number of ether oxygens (including phenoxy) is 3. The molecule has 190 valence electrons. The zero-order chi connectivity index (χ0) is 25.6. The number of likely N-dealkylation sites (N-methyl/N-ethyl adjacent to an activating group) is 1. The average molecular weight is 497 g/mol. The maximum atomic E-state index is 13.8. The quantitative estimate of drug-likeness (QED) is 0.498. The molecule has 0 spiro atoms. The number of hydrogen-bond donors (Lipinski definition) is 1. The highest BCUT2D eigenvalue weighted by Crippen LogP contribution is 2.44. The molecule has 3 aliphatic heterocycles. The summed E-state index contributed by atoms with van der Waals surface area (Å²) in [5.74, 6) is -1.95. The third kappa shape index (κ3) is 4.18. The van der Waals surface area contributed by atoms with Crippen molar-refractivity contribution in [3.8, 4) is 5.75 Å². The largest absolute Gasteiger partial charge is 0.415 e. The molecule has 11 nitrogen and oxygen atoms in total. The molecule has 0 radical (unpaired) electrons. The van der Waals surface area contributed by atoms with Gasteiger partial charge in [0.15, 0.2) is 6.29 Å². The van der Waals surface area contributed by atoms with Crippen molar-refractivity contribution < 1.29 is 28.6 Å². The van der Waals surface area contributed by atoms with E-state index in [0.29, 0.717) is 25.2 Å². The minimum atomic E-state index is -1.03. The van der Waals surface area contributed by atoms with E-state index in [-0.39, 0.29) is 22.9 Å². The Morgan fingerprint density at radius 3 is 2.42 bits per heavy atom. The number of benzene rings is 1. The van der Waals surface area contributed by atoms with Crippen molar-refractivity contribution in [2.24, 2.45) is 5.92 Å². The molecule has 4 aliphatic rings. The number of carbonyl (C=O) groups is 3. The molecule has 1 aromatic heterocycles. The van der Waals surface area contributed by atoms with Crippen molar-refractivity contribution in [3.05, 3.63) is 57.8 Å². The number of nitrogens with one attached hydrogen (secondary N) is 1. The summed E-state index contributed by atoms with van der Waals surface area (Å²) in [5.41, 5.74) is -1.28. The van der Waals surface area contributed by atoms with Crippen LogP contribution in [0.4, 0.5) is 0 Å². The molecule has 1 saturated carbocycles. The summed E-state index contributed by atoms with van der Waals surface area (Å²) in [6, 6.07) is 8.32. The van der Waals surface area contributed by atoms with Gasteiger partial charge in [0, 0.05) is 20.6 Å². The van der Waals surface area contributed by atoms with Gasteiger partial charge in [0.1, 0.15) is 11.5 Å². The third-order valence-electron chi connectivity index (χ3n) is 6.99. The predicted octanol–water partition coefficient (Wildman–Crippen LogP) is 1.46. The lowest BCUT2D eigenvalue weighted by atomic mass is 9.77. The first-order valence-electron chi connectivity index (χ1n) is 12.0. The fourth-order valence-corrected chi connectivity index (χ4v) is 5.05. The Morgan fingerprint density at radius 1 is 1.14 bits per heavy atom. The van der Waals surface area contributed by atoms with Crippen LogP contribution in [0.1, 0.15) is 60.8 Å². The SMILES string of the molecule is CC1OC(c2nc3n(c(=O)c2OC(=O)c2ccccc2)CC2CCC3(NC(=O)C(=O)N(C)C)CC2)O1. The topological polar surface area (TPSA) is 129 Å². The lowest BCUT2D eigenvalue weighted by Crippen LogP contribution is -2.53. The zero-order valence-electron chi connectivity index (χ0n) is 20.4. The molecule has 0 atom stereocenters. The van der Waals surface area contributed by atoms with Gasteiger partial charge in [0.2, 0.25) is 12.0 Å². The van der Waals surface area contributed by atoms with E-state index in [1.165, 1.54) is 23.6 Å². The maximum Gasteiger partial charge on any atom is 0.343 e. The second-order valence-corrected chi connectivity index (χ2v) is 9.67. The van der Waals surface area contributed by atoms with Crippen LogP contribution < -0.4 is 15.6 Å². The summed E-state index contributed by atoms with van der Waals surface area (Å²) in [4.78, 5) is 57.8. The van der Waals surface area contributed by atoms with E-state index in [4.69, 9.17) is 19.2 Å². The lowest BCUT2D eigenvalue weighted by molar-refractivity contribution is -0.384. The number of esters is 1. The summed E-state index contributed by atoms with van der Waals surface area (Å²) in [6.07, 6.45) is 0.985. The first kappa shape index (κ1) is 24.1. The van der Waals surface area contributed by atoms with Gasteiger partial charge in [-0.25, -0.2) is 9.78 Å². The predicted molar refractivity (Wildman–Crippen MR) is 125 cm³/mol. The van der Waals surface area contributed by atoms with Gasteiger partial charge in [-0.1, -0.05) is 18.2 Å². The second kappa shape index (κ2) is 9.14. The molecule has 1 aliphatic carbocycles. The molecule has 2 fully saturated rings. The summed E-state index contributed by atoms with van der Waals surface area (Å²) < 4.78 is 18.3. The summed E-state index contributed by atoms with van der Waals surface area (Å²) in [5, 5.41) is 2.88. The minimum Gasteiger partial charge on any atom is -0.415 e. The molecule has 2 aromatic rings. The number of hydrogen-bond acceptors (Lipinski definition) is 8. The van der Waals surface area contributed by atoms with Crippen molar-refractivity contribution in [2.45, 2.75) is 57.3 Å². The minimum absolute atomic E-state index is 0.0338. The third-order valence-corrected chi connectivity index (χ3v) is 6.99. The van der Waals surface area contributed by atoms with Crippen LogP contribution in [0, 0.1) is 5.92 Å². The van der Waals surface area contributed by atoms with E-state index < -0.39 is 41.5 Å². The van der Waals surface area contributed by atoms with Crippen LogP contribution in [0.2, 0.25) is 0 Å². The van der Waals surface area contributed by atoms with Crippen LogP contribution in [0.15, 0.2) is 35.1 Å². The molecule has 6 rings (SSSR count). The summed E-state index contributed by atoms with van der Waals surface area (Å²) >= 11 is 0. The molecule has 2 bridgehead atoms. The Kier molecular flexibility index (Phi) is 6.13. The number of nitrogens with zero attached hydrogens (tertiary/aromatic N) is 3. The van der Waals surface area contributed by atoms with Crippen LogP contribution in [-0.4, -0.2) is 52.6 Å². The standard InChI is InChI=1S/C25H28N4O7/c1-14-34-23(35-14)17-18(36-22(33)16-7-5-4-6-8-16)20(31)29-13-15-9-11-25(12-10-15,24(29)26-17)27-19(30)21(32)28(2)3/h4-8,14-15,23H,9-13H2,1-3H3,(H,27,30). The number of fused-ring (bicyclic) bond motifs is 2. The first-order chi connectivity index (χ1) is 17.2. The molecule has 36 heavy (non-hydrogen) atoms. The van der Waals surface area contributed by atoms with Gasteiger partial charge in [-0.05, 0) is 50.7 Å². The zero-order valence-corrected chi connectivity index (χ0v) is 20.4. The second-order valence-electron chi connectivity index (χ2n) is 9.67. The highest BCUT2D eigenvalue weighted by atomic mass is 16.9. The normalized spacial score (nSPS) is 26.2. The van der Waals surface area contributed by atoms with Crippen molar-refractivity contribution in [1.82, 2.24) is 19.8 Å². The summed E-state index contributed by atoms with van der Waals surface area (Å²) in [6.45, 7) is 2.05. The molecular formula is C25H28N4O7. The molecule has 0 unspecified atom stereocenters. The Balaban J connectivity index is 1.61. The lowest BCUT2D eigenvalue weighted by Gasteiger charge is -2.38. The van der Waals surface area contributed by atoms with Crippen LogP contribution in [0.25, 0.3) is 0 Å². The van der Waals surface area contributed by atoms with E-state index in [2.05, 4.69) is 5.32 Å². The highest BCUT2D eigenvalue weighted by molar-refractivity contribution is 6.35. The molecule has 2 amide bonds. The van der Waals surface area contributed by atoms with Crippen molar-refractivity contribution in [2.75, 3.05) is 14.1 Å². The Labute approximate surface area is 207 Å². The average Bonchev–Trinajstić information content (AvgIpc) is 3.09. The fraction of sp³-hybridized carbons (Fsp3) is 0.480. The van der Waals surface area contributed by atoms with E-state index in [1.54, 1.807) is 37.3 Å². The Morgan fingerprint density at radius 2 is 1.81 bits per heavy atom. The van der Waals surface area contributed by atoms with Crippen LogP contribution in [0.5, 0.6) is 5.75 Å². The Bertz CT molecular complexity index is 1260. The fourth-order valence-electron chi connectivity index (χ4n) is 5.05. The van der Waals surface area contributed by atoms with Gasteiger partial charge in [0.25, 0.3) is 5.56 Å². The number of carbonyl (C=O) groups excluding carboxylic acids is 3. The highest BCUT2D eigenvalue weighted by Gasteiger charge is 2.48. The Hall–Kier alpha value is -3.57. The monoisotopic (exact) mass is 496 g/mol. The van der Waals surface area contributed by atoms with Gasteiger partial charge in [-0.15, -0.1) is 0 Å². The number of aromatic nitrogens is 2. The molecule has 4 heterocycles. The molecule has 1 N–H and O–H groups in total. The van der Waals surface area contributed by atoms with Gasteiger partial charge in [-0.2, -0.15) is 0 Å². The van der Waals surface area contributed by atoms with E-state index in [9.17, 15) is 19.2 Å². The first-order valence-corrected chi connectivity index (χ1v) is 12.0. The molecule has 1 aromatic carbocycles. The van der Waals surface area contributed by atoms with Gasteiger partial charge < -0.3 is 24.4 Å². The van der Waals surface area contributed by atoms with E-state index in [0.717, 1.165) is 12.8 Å². The maximum absolute atomic E-state index is 13.8. The number of amides is 2. The van der Waals surface area contributed by atoms with Gasteiger partial charge in [-0.3, -0.25) is 19.0 Å². The van der Waals surface area contributed by atoms with Crippen molar-refractivity contribution in [3.63, 3.8) is 0 Å². The smallest absolute Gasteiger partial charge is 0.343 e. The van der Waals surface area contributed by atoms with E-state index in [1.807, 2.05) is 0 Å². The molecular weight excluding hydrogens is 468 g/mol. The van der Waals surface area contributed by atoms with Crippen LogP contribution in [0.3, 0.4) is 0 Å². The van der Waals surface area contributed by atoms with Gasteiger partial charge in [0.05, 0.1) is 11.1 Å². The molecule has 1 saturated heterocycles. The molecule has 11 heteroatoms. The van der Waals surface area contributed by atoms with Crippen molar-refractivity contribution >= 4 is 17.8 Å². The van der Waals surface area contributed by atoms with Gasteiger partial charge >= 0.3 is 17.8 Å². The van der Waals surface area contributed by atoms with Crippen molar-refractivity contribution in [1.29, 1.82) is 0 Å². The van der Waals surface area contributed by atoms with Crippen LogP contribution in [-0.2, 0) is 31.1 Å². The number of rotatable bonds is 4. The van der Waals surface area contributed by atoms with Crippen LogP contribution >= 0.6 is 0 Å². The van der Waals surface area contributed by atoms with E-state index >= 15 is 0 Å². The summed E-state index contributed by atoms with van der Waals surface area (Å²) in [7, 11) is 3.00.